The third-order valence-electron chi connectivity index (χ3n) is 4.38. The Morgan fingerprint density at radius 3 is 2.68 bits per heavy atom. The van der Waals surface area contributed by atoms with Gasteiger partial charge in [0.25, 0.3) is 0 Å². The normalized spacial score (nSPS) is 28.3. The predicted molar refractivity (Wildman–Crippen MR) is 76.2 cm³/mol. The zero-order chi connectivity index (χ0) is 16.4. The maximum absolute atomic E-state index is 12.4. The molecule has 7 nitrogen and oxygen atoms in total. The van der Waals surface area contributed by atoms with Crippen LogP contribution >= 0.6 is 0 Å². The lowest BCUT2D eigenvalue weighted by molar-refractivity contribution is -0.146. The average molecular weight is 308 g/mol. The Labute approximate surface area is 128 Å². The van der Waals surface area contributed by atoms with Crippen molar-refractivity contribution in [3.8, 4) is 0 Å². The quantitative estimate of drug-likeness (QED) is 0.433. The maximum atomic E-state index is 12.4. The van der Waals surface area contributed by atoms with E-state index < -0.39 is 23.8 Å². The zero-order valence-corrected chi connectivity index (χ0v) is 12.7. The monoisotopic (exact) mass is 308 g/mol. The number of ether oxygens (including phenoxy) is 1. The number of allylic oxidation sites excluding steroid dienone is 1. The molecule has 1 aliphatic carbocycles. The number of likely N-dealkylation sites (tertiary alicyclic amines) is 1. The number of hydrogen-bond acceptors (Lipinski definition) is 5. The second-order valence-corrected chi connectivity index (χ2v) is 5.68. The first-order valence-corrected chi connectivity index (χ1v) is 7.25. The fourth-order valence-electron chi connectivity index (χ4n) is 3.24. The van der Waals surface area contributed by atoms with Gasteiger partial charge >= 0.3 is 5.97 Å². The van der Waals surface area contributed by atoms with Crippen molar-refractivity contribution in [3.63, 3.8) is 0 Å². The molecular formula is C15H20N2O5. The summed E-state index contributed by atoms with van der Waals surface area (Å²) in [6.45, 7) is 4.81. The van der Waals surface area contributed by atoms with Gasteiger partial charge in [-0.05, 0) is 25.7 Å². The van der Waals surface area contributed by atoms with Crippen LogP contribution in [0.4, 0.5) is 0 Å². The summed E-state index contributed by atoms with van der Waals surface area (Å²) in [5.74, 6) is -2.52. The van der Waals surface area contributed by atoms with E-state index in [9.17, 15) is 19.2 Å². The molecule has 3 amide bonds. The van der Waals surface area contributed by atoms with Crippen LogP contribution in [-0.2, 0) is 23.9 Å². The van der Waals surface area contributed by atoms with E-state index in [0.717, 1.165) is 11.3 Å². The molecule has 1 saturated heterocycles. The van der Waals surface area contributed by atoms with Crippen LogP contribution in [-0.4, -0.2) is 48.3 Å². The second-order valence-electron chi connectivity index (χ2n) is 5.68. The Kier molecular flexibility index (Phi) is 4.63. The highest BCUT2D eigenvalue weighted by molar-refractivity contribution is 6.08. The number of esters is 1. The van der Waals surface area contributed by atoms with Crippen molar-refractivity contribution in [3.05, 3.63) is 12.7 Å². The molecule has 22 heavy (non-hydrogen) atoms. The molecule has 7 heteroatoms. The van der Waals surface area contributed by atoms with Crippen LogP contribution in [0.1, 0.15) is 19.8 Å². The second kappa shape index (κ2) is 6.29. The van der Waals surface area contributed by atoms with Gasteiger partial charge < -0.3 is 10.1 Å². The third-order valence-corrected chi connectivity index (χ3v) is 4.38. The van der Waals surface area contributed by atoms with Crippen LogP contribution in [0.25, 0.3) is 0 Å². The number of amides is 3. The summed E-state index contributed by atoms with van der Waals surface area (Å²) in [5.41, 5.74) is 0. The molecule has 1 heterocycles. The van der Waals surface area contributed by atoms with E-state index in [0.29, 0.717) is 6.42 Å². The van der Waals surface area contributed by atoms with E-state index in [-0.39, 0.29) is 30.2 Å². The first kappa shape index (κ1) is 16.2. The van der Waals surface area contributed by atoms with Crippen LogP contribution in [0.3, 0.4) is 0 Å². The van der Waals surface area contributed by atoms with Gasteiger partial charge in [0, 0.05) is 0 Å². The van der Waals surface area contributed by atoms with Gasteiger partial charge in [-0.3, -0.25) is 19.3 Å². The van der Waals surface area contributed by atoms with Crippen molar-refractivity contribution in [1.29, 1.82) is 0 Å². The minimum absolute atomic E-state index is 0.0106. The molecular weight excluding hydrogens is 288 g/mol. The summed E-state index contributed by atoms with van der Waals surface area (Å²) in [5, 5.41) is 2.41. The Morgan fingerprint density at radius 2 is 2.09 bits per heavy atom. The molecule has 0 bridgehead atoms. The van der Waals surface area contributed by atoms with Crippen molar-refractivity contribution < 1.29 is 23.9 Å². The number of nitrogens with one attached hydrogen (secondary N) is 1. The smallest absolute Gasteiger partial charge is 0.328 e. The molecule has 2 fully saturated rings. The summed E-state index contributed by atoms with van der Waals surface area (Å²) in [6.07, 6.45) is 3.12. The van der Waals surface area contributed by atoms with E-state index in [4.69, 9.17) is 0 Å². The van der Waals surface area contributed by atoms with Crippen LogP contribution in [0.5, 0.6) is 0 Å². The molecule has 0 aromatic rings. The van der Waals surface area contributed by atoms with Crippen LogP contribution in [0, 0.1) is 17.8 Å². The van der Waals surface area contributed by atoms with E-state index in [1.807, 2.05) is 0 Å². The number of methoxy groups -OCH3 is 1. The molecule has 120 valence electrons. The van der Waals surface area contributed by atoms with Gasteiger partial charge in [0.15, 0.2) is 0 Å². The summed E-state index contributed by atoms with van der Waals surface area (Å²) in [4.78, 5) is 48.8. The van der Waals surface area contributed by atoms with Crippen molar-refractivity contribution >= 4 is 23.7 Å². The third kappa shape index (κ3) is 2.75. The average Bonchev–Trinajstić information content (AvgIpc) is 3.02. The predicted octanol–water partition coefficient (Wildman–Crippen LogP) is -0.139. The fourth-order valence-corrected chi connectivity index (χ4v) is 3.24. The Bertz CT molecular complexity index is 530. The largest absolute Gasteiger partial charge is 0.467 e. The number of hydrogen-bond donors (Lipinski definition) is 1. The molecule has 0 spiro atoms. The van der Waals surface area contributed by atoms with E-state index in [1.165, 1.54) is 14.0 Å². The first-order chi connectivity index (χ1) is 10.4. The van der Waals surface area contributed by atoms with E-state index in [1.54, 1.807) is 6.08 Å². The summed E-state index contributed by atoms with van der Waals surface area (Å²) >= 11 is 0. The first-order valence-electron chi connectivity index (χ1n) is 7.25. The molecule has 1 saturated carbocycles. The SMILES string of the molecule is C=CC1CC[C@@H]2C(=O)N(CC(=O)N[C@@H](C)C(=O)OC)C(=O)[C@H]12. The van der Waals surface area contributed by atoms with Crippen molar-refractivity contribution in [2.45, 2.75) is 25.8 Å². The molecule has 1 aliphatic heterocycles. The lowest BCUT2D eigenvalue weighted by Crippen LogP contribution is -2.46. The minimum atomic E-state index is -0.828. The van der Waals surface area contributed by atoms with Crippen molar-refractivity contribution in [2.24, 2.45) is 17.8 Å². The van der Waals surface area contributed by atoms with Gasteiger partial charge in [-0.25, -0.2) is 4.79 Å². The zero-order valence-electron chi connectivity index (χ0n) is 12.7. The van der Waals surface area contributed by atoms with Crippen LogP contribution in [0.15, 0.2) is 12.7 Å². The standard InChI is InChI=1S/C15H20N2O5/c1-4-9-5-6-10-12(9)14(20)17(13(10)19)7-11(18)16-8(2)15(21)22-3/h4,8-10,12H,1,5-7H2,2-3H3,(H,16,18)/t8-,9?,10-,12+/m0/s1. The van der Waals surface area contributed by atoms with E-state index >= 15 is 0 Å². The number of carbonyl (C=O) groups excluding carboxylic acids is 4. The van der Waals surface area contributed by atoms with Gasteiger partial charge in [0.05, 0.1) is 18.9 Å². The Hall–Kier alpha value is -2.18. The van der Waals surface area contributed by atoms with Gasteiger partial charge in [0.1, 0.15) is 12.6 Å². The number of carbonyl (C=O) groups is 4. The molecule has 0 aromatic carbocycles. The topological polar surface area (TPSA) is 92.8 Å². The fraction of sp³-hybridized carbons (Fsp3) is 0.600. The van der Waals surface area contributed by atoms with Gasteiger partial charge in [0.2, 0.25) is 17.7 Å². The number of fused-ring (bicyclic) bond motifs is 1. The summed E-state index contributed by atoms with van der Waals surface area (Å²) < 4.78 is 4.50. The number of nitrogens with zero attached hydrogens (tertiary/aromatic N) is 1. The van der Waals surface area contributed by atoms with Gasteiger partial charge in [-0.15, -0.1) is 6.58 Å². The Balaban J connectivity index is 2.00. The lowest BCUT2D eigenvalue weighted by Gasteiger charge is -2.18. The highest BCUT2D eigenvalue weighted by atomic mass is 16.5. The highest BCUT2D eigenvalue weighted by Gasteiger charge is 2.53. The maximum Gasteiger partial charge on any atom is 0.328 e. The summed E-state index contributed by atoms with van der Waals surface area (Å²) in [6, 6.07) is -0.828. The van der Waals surface area contributed by atoms with E-state index in [2.05, 4.69) is 16.6 Å². The molecule has 2 aliphatic rings. The molecule has 4 atom stereocenters. The van der Waals surface area contributed by atoms with Crippen molar-refractivity contribution in [2.75, 3.05) is 13.7 Å². The molecule has 1 N–H and O–H groups in total. The number of imide groups is 1. The molecule has 1 unspecified atom stereocenters. The highest BCUT2D eigenvalue weighted by Crippen LogP contribution is 2.44. The Morgan fingerprint density at radius 1 is 1.41 bits per heavy atom. The minimum Gasteiger partial charge on any atom is -0.467 e. The molecule has 0 aromatic heterocycles. The molecule has 0 radical (unpaired) electrons. The van der Waals surface area contributed by atoms with Crippen molar-refractivity contribution in [1.82, 2.24) is 10.2 Å². The van der Waals surface area contributed by atoms with Gasteiger partial charge in [-0.2, -0.15) is 0 Å². The lowest BCUT2D eigenvalue weighted by atomic mass is 9.92. The molecule has 2 rings (SSSR count). The van der Waals surface area contributed by atoms with Crippen LogP contribution in [0.2, 0.25) is 0 Å². The summed E-state index contributed by atoms with van der Waals surface area (Å²) in [7, 11) is 1.22. The number of rotatable bonds is 5. The van der Waals surface area contributed by atoms with Crippen LogP contribution < -0.4 is 5.32 Å². The van der Waals surface area contributed by atoms with Gasteiger partial charge in [-0.1, -0.05) is 6.08 Å².